The van der Waals surface area contributed by atoms with Gasteiger partial charge in [0.05, 0.1) is 5.69 Å². The number of nitrogens with one attached hydrogen (secondary N) is 1. The van der Waals surface area contributed by atoms with Crippen molar-refractivity contribution in [2.24, 2.45) is 5.92 Å². The Morgan fingerprint density at radius 1 is 1.61 bits per heavy atom. The van der Waals surface area contributed by atoms with Crippen molar-refractivity contribution in [1.29, 1.82) is 0 Å². The zero-order chi connectivity index (χ0) is 13.5. The summed E-state index contributed by atoms with van der Waals surface area (Å²) >= 11 is 1.80. The summed E-state index contributed by atoms with van der Waals surface area (Å²) in [6.07, 6.45) is 4.88. The molecule has 0 aliphatic heterocycles. The lowest BCUT2D eigenvalue weighted by molar-refractivity contribution is 0.0940. The molecule has 0 saturated heterocycles. The van der Waals surface area contributed by atoms with E-state index in [1.807, 2.05) is 10.8 Å². The van der Waals surface area contributed by atoms with Crippen molar-refractivity contribution in [1.82, 2.24) is 9.88 Å². The van der Waals surface area contributed by atoms with E-state index in [4.69, 9.17) is 5.73 Å². The van der Waals surface area contributed by atoms with Crippen LogP contribution in [-0.4, -0.2) is 29.0 Å². The van der Waals surface area contributed by atoms with Gasteiger partial charge >= 0.3 is 0 Å². The number of aromatic nitrogens is 1. The van der Waals surface area contributed by atoms with Crippen molar-refractivity contribution in [2.75, 3.05) is 24.3 Å². The predicted molar refractivity (Wildman–Crippen MR) is 79.0 cm³/mol. The second-order valence-electron chi connectivity index (χ2n) is 4.62. The number of carbonyl (C=O) groups is 1. The average molecular weight is 269 g/mol. The minimum atomic E-state index is -0.0342. The molecule has 0 aliphatic carbocycles. The molecule has 5 heteroatoms. The molecule has 0 aromatic carbocycles. The number of nitrogen functional groups attached to an aromatic ring is 1. The van der Waals surface area contributed by atoms with E-state index in [0.717, 1.165) is 18.7 Å². The van der Waals surface area contributed by atoms with Crippen LogP contribution in [0, 0.1) is 5.92 Å². The largest absolute Gasteiger partial charge is 0.397 e. The molecule has 102 valence electrons. The molecule has 1 rings (SSSR count). The number of hydrogen-bond donors (Lipinski definition) is 2. The Morgan fingerprint density at radius 2 is 2.33 bits per heavy atom. The van der Waals surface area contributed by atoms with Gasteiger partial charge in [0, 0.05) is 19.3 Å². The topological polar surface area (TPSA) is 60.0 Å². The van der Waals surface area contributed by atoms with Gasteiger partial charge in [-0.3, -0.25) is 4.79 Å². The van der Waals surface area contributed by atoms with Crippen LogP contribution in [-0.2, 0) is 6.54 Å². The first-order valence-electron chi connectivity index (χ1n) is 6.31. The SMILES string of the molecule is CCCn1cc(N)cc1C(=O)NCC(C)CSC. The molecule has 1 unspecified atom stereocenters. The fourth-order valence-corrected chi connectivity index (χ4v) is 2.54. The minimum absolute atomic E-state index is 0.0342. The fourth-order valence-electron chi connectivity index (χ4n) is 1.85. The van der Waals surface area contributed by atoms with Gasteiger partial charge in [0.15, 0.2) is 0 Å². The van der Waals surface area contributed by atoms with Gasteiger partial charge in [-0.1, -0.05) is 13.8 Å². The molecule has 0 bridgehead atoms. The Labute approximate surface area is 113 Å². The van der Waals surface area contributed by atoms with E-state index in [2.05, 4.69) is 25.4 Å². The van der Waals surface area contributed by atoms with Gasteiger partial charge in [0.1, 0.15) is 5.69 Å². The van der Waals surface area contributed by atoms with Crippen molar-refractivity contribution < 1.29 is 4.79 Å². The zero-order valence-corrected chi connectivity index (χ0v) is 12.2. The van der Waals surface area contributed by atoms with Crippen molar-refractivity contribution in [3.05, 3.63) is 18.0 Å². The van der Waals surface area contributed by atoms with Gasteiger partial charge in [-0.25, -0.2) is 0 Å². The summed E-state index contributed by atoms with van der Waals surface area (Å²) in [5, 5.41) is 2.97. The standard InChI is InChI=1S/C13H23N3OS/c1-4-5-16-8-11(14)6-12(16)13(17)15-7-10(2)9-18-3/h6,8,10H,4-5,7,9,14H2,1-3H3,(H,15,17). The third-order valence-corrected chi connectivity index (χ3v) is 3.58. The number of hydrogen-bond acceptors (Lipinski definition) is 3. The smallest absolute Gasteiger partial charge is 0.267 e. The maximum absolute atomic E-state index is 12.1. The fraction of sp³-hybridized carbons (Fsp3) is 0.615. The Hall–Kier alpha value is -1.10. The minimum Gasteiger partial charge on any atom is -0.397 e. The van der Waals surface area contributed by atoms with Crippen LogP contribution in [0.2, 0.25) is 0 Å². The second-order valence-corrected chi connectivity index (χ2v) is 5.53. The van der Waals surface area contributed by atoms with Crippen molar-refractivity contribution >= 4 is 23.4 Å². The number of carbonyl (C=O) groups excluding carboxylic acids is 1. The average Bonchev–Trinajstić information content (AvgIpc) is 2.68. The maximum Gasteiger partial charge on any atom is 0.267 e. The molecule has 0 radical (unpaired) electrons. The van der Waals surface area contributed by atoms with Crippen LogP contribution in [0.3, 0.4) is 0 Å². The molecule has 18 heavy (non-hydrogen) atoms. The van der Waals surface area contributed by atoms with E-state index >= 15 is 0 Å². The molecule has 1 atom stereocenters. The molecule has 1 aromatic heterocycles. The normalized spacial score (nSPS) is 12.4. The third-order valence-electron chi connectivity index (χ3n) is 2.68. The zero-order valence-electron chi connectivity index (χ0n) is 11.4. The van der Waals surface area contributed by atoms with Crippen LogP contribution < -0.4 is 11.1 Å². The van der Waals surface area contributed by atoms with Crippen LogP contribution in [0.1, 0.15) is 30.8 Å². The highest BCUT2D eigenvalue weighted by molar-refractivity contribution is 7.98. The Balaban J connectivity index is 2.60. The molecule has 0 spiro atoms. The van der Waals surface area contributed by atoms with E-state index < -0.39 is 0 Å². The summed E-state index contributed by atoms with van der Waals surface area (Å²) in [6.45, 7) is 5.74. The van der Waals surface area contributed by atoms with Crippen molar-refractivity contribution in [3.63, 3.8) is 0 Å². The number of rotatable bonds is 7. The number of thioether (sulfide) groups is 1. The van der Waals surface area contributed by atoms with E-state index in [1.165, 1.54) is 0 Å². The molecule has 0 aliphatic rings. The molecule has 0 saturated carbocycles. The second kappa shape index (κ2) is 7.36. The highest BCUT2D eigenvalue weighted by Gasteiger charge is 2.13. The van der Waals surface area contributed by atoms with E-state index in [0.29, 0.717) is 23.8 Å². The lowest BCUT2D eigenvalue weighted by Crippen LogP contribution is -2.30. The van der Waals surface area contributed by atoms with Crippen LogP contribution >= 0.6 is 11.8 Å². The summed E-state index contributed by atoms with van der Waals surface area (Å²) in [5.41, 5.74) is 7.05. The highest BCUT2D eigenvalue weighted by Crippen LogP contribution is 2.11. The third kappa shape index (κ3) is 4.29. The highest BCUT2D eigenvalue weighted by atomic mass is 32.2. The van der Waals surface area contributed by atoms with E-state index in [-0.39, 0.29) is 5.91 Å². The van der Waals surface area contributed by atoms with Crippen LogP contribution in [0.15, 0.2) is 12.3 Å². The molecule has 0 fully saturated rings. The summed E-state index contributed by atoms with van der Waals surface area (Å²) < 4.78 is 1.92. The maximum atomic E-state index is 12.1. The van der Waals surface area contributed by atoms with Gasteiger partial charge in [0.2, 0.25) is 0 Å². The Bertz CT molecular complexity index is 390. The van der Waals surface area contributed by atoms with Crippen LogP contribution in [0.25, 0.3) is 0 Å². The van der Waals surface area contributed by atoms with Crippen LogP contribution in [0.4, 0.5) is 5.69 Å². The number of nitrogens with two attached hydrogens (primary N) is 1. The van der Waals surface area contributed by atoms with Gasteiger partial charge in [-0.2, -0.15) is 11.8 Å². The van der Waals surface area contributed by atoms with E-state index in [1.54, 1.807) is 17.8 Å². The first-order valence-corrected chi connectivity index (χ1v) is 7.70. The quantitative estimate of drug-likeness (QED) is 0.798. The predicted octanol–water partition coefficient (Wildman–Crippen LogP) is 2.21. The number of aryl methyl sites for hydroxylation is 1. The summed E-state index contributed by atoms with van der Waals surface area (Å²) in [6, 6.07) is 1.74. The molecule has 4 nitrogen and oxygen atoms in total. The monoisotopic (exact) mass is 269 g/mol. The Morgan fingerprint density at radius 3 is 2.94 bits per heavy atom. The molecule has 1 aromatic rings. The molecular formula is C13H23N3OS. The lowest BCUT2D eigenvalue weighted by atomic mass is 10.2. The first kappa shape index (κ1) is 15.0. The van der Waals surface area contributed by atoms with Crippen LogP contribution in [0.5, 0.6) is 0 Å². The molecule has 1 amide bonds. The Kier molecular flexibility index (Phi) is 6.12. The van der Waals surface area contributed by atoms with E-state index in [9.17, 15) is 4.79 Å². The summed E-state index contributed by atoms with van der Waals surface area (Å²) in [4.78, 5) is 12.1. The molecule has 1 heterocycles. The number of nitrogens with zero attached hydrogens (tertiary/aromatic N) is 1. The van der Waals surface area contributed by atoms with Gasteiger partial charge in [-0.05, 0) is 30.4 Å². The summed E-state index contributed by atoms with van der Waals surface area (Å²) in [7, 11) is 0. The van der Waals surface area contributed by atoms with Gasteiger partial charge < -0.3 is 15.6 Å². The number of amides is 1. The molecule has 3 N–H and O–H groups in total. The number of anilines is 1. The first-order chi connectivity index (χ1) is 8.58. The van der Waals surface area contributed by atoms with Crippen molar-refractivity contribution in [3.8, 4) is 0 Å². The summed E-state index contributed by atoms with van der Waals surface area (Å²) in [5.74, 6) is 1.50. The van der Waals surface area contributed by atoms with Gasteiger partial charge in [-0.15, -0.1) is 0 Å². The lowest BCUT2D eigenvalue weighted by Gasteiger charge is -2.12. The van der Waals surface area contributed by atoms with Crippen molar-refractivity contribution in [2.45, 2.75) is 26.8 Å². The molecular weight excluding hydrogens is 246 g/mol. The van der Waals surface area contributed by atoms with Gasteiger partial charge in [0.25, 0.3) is 5.91 Å².